The zero-order valence-electron chi connectivity index (χ0n) is 40.7. The molecule has 2 aromatic heterocycles. The summed E-state index contributed by atoms with van der Waals surface area (Å²) in [6.07, 6.45) is 1.91. The van der Waals surface area contributed by atoms with Crippen LogP contribution in [0.5, 0.6) is 11.5 Å². The summed E-state index contributed by atoms with van der Waals surface area (Å²) in [6.45, 7) is 43.6. The molecule has 4 aromatic carbocycles. The molecule has 1 aliphatic heterocycles. The van der Waals surface area contributed by atoms with Crippen LogP contribution >= 0.6 is 0 Å². The molecule has 0 saturated heterocycles. The van der Waals surface area contributed by atoms with Crippen LogP contribution in [0, 0.1) is 29.6 Å². The first-order valence-electron chi connectivity index (χ1n) is 22.0. The van der Waals surface area contributed by atoms with Crippen molar-refractivity contribution in [2.45, 2.75) is 146 Å². The van der Waals surface area contributed by atoms with E-state index in [9.17, 15) is 0 Å². The summed E-state index contributed by atoms with van der Waals surface area (Å²) in [5, 5.41) is 2.25. The molecular formula is C56H69N4OPt-3. The van der Waals surface area contributed by atoms with Crippen LogP contribution in [0.2, 0.25) is 0 Å². The van der Waals surface area contributed by atoms with Crippen molar-refractivity contribution in [1.29, 1.82) is 0 Å². The quantitative estimate of drug-likeness (QED) is 0.161. The summed E-state index contributed by atoms with van der Waals surface area (Å²) in [7, 11) is 0. The molecule has 0 fully saturated rings. The molecule has 0 radical (unpaired) electrons. The molecule has 6 aromatic rings. The van der Waals surface area contributed by atoms with Crippen LogP contribution in [0.15, 0.2) is 96.5 Å². The Bertz CT molecular complexity index is 2620. The number of pyridine rings is 1. The number of nitrogens with zero attached hydrogens (tertiary/aromatic N) is 4. The van der Waals surface area contributed by atoms with Crippen LogP contribution in [0.25, 0.3) is 27.6 Å². The number of para-hydroxylation sites is 1. The Morgan fingerprint density at radius 2 is 1.05 bits per heavy atom. The standard InChI is InChI=1S/C56H69N4O.Pt/c1-51(2,3)36-25-26-57-48(32-36)60-46-22-20-19-21-44(46)45-24-23-42(34-47(45)60)61-43-31-39(54(10,11)12)30-41(33-43)59-35-58(49(55(13,14)15)50(59)56(16,17)18)40-28-37(52(4,5)6)27-38(29-40)53(7,8)9;/h19-32,35H,1-18H3;/q-3;. The molecule has 1 aliphatic rings. The minimum absolute atomic E-state index is 0. The normalized spacial score (nSPS) is 14.6. The van der Waals surface area contributed by atoms with Crippen molar-refractivity contribution in [2.24, 2.45) is 10.8 Å². The second-order valence-corrected chi connectivity index (χ2v) is 23.4. The molecule has 7 rings (SSSR count). The van der Waals surface area contributed by atoms with Gasteiger partial charge >= 0.3 is 0 Å². The molecule has 0 unspecified atom stereocenters. The van der Waals surface area contributed by atoms with E-state index in [1.807, 2.05) is 12.3 Å². The number of benzene rings is 4. The summed E-state index contributed by atoms with van der Waals surface area (Å²) >= 11 is 0. The molecule has 0 N–H and O–H groups in total. The van der Waals surface area contributed by atoms with Gasteiger partial charge in [0.15, 0.2) is 0 Å². The van der Waals surface area contributed by atoms with Crippen molar-refractivity contribution in [2.75, 3.05) is 9.80 Å². The van der Waals surface area contributed by atoms with Crippen LogP contribution in [0.1, 0.15) is 147 Å². The Morgan fingerprint density at radius 3 is 1.61 bits per heavy atom. The van der Waals surface area contributed by atoms with Crippen molar-refractivity contribution >= 4 is 33.2 Å². The summed E-state index contributed by atoms with van der Waals surface area (Å²) < 4.78 is 9.12. The molecule has 0 atom stereocenters. The fourth-order valence-electron chi connectivity index (χ4n) is 8.33. The van der Waals surface area contributed by atoms with Gasteiger partial charge in [-0.25, -0.2) is 4.98 Å². The zero-order valence-corrected chi connectivity index (χ0v) is 42.9. The number of hydrogen-bond acceptors (Lipinski definition) is 4. The number of ether oxygens (including phenoxy) is 1. The van der Waals surface area contributed by atoms with Gasteiger partial charge in [0, 0.05) is 72.2 Å². The number of allylic oxidation sites excluding steroid dienone is 2. The Labute approximate surface area is 388 Å². The predicted octanol–water partition coefficient (Wildman–Crippen LogP) is 15.5. The molecule has 0 bridgehead atoms. The van der Waals surface area contributed by atoms with E-state index in [-0.39, 0.29) is 53.6 Å². The Morgan fingerprint density at radius 1 is 0.500 bits per heavy atom. The van der Waals surface area contributed by atoms with Crippen LogP contribution in [0.4, 0.5) is 11.4 Å². The van der Waals surface area contributed by atoms with Crippen molar-refractivity contribution in [3.05, 3.63) is 138 Å². The van der Waals surface area contributed by atoms with Gasteiger partial charge in [-0.1, -0.05) is 154 Å². The third kappa shape index (κ3) is 9.31. The van der Waals surface area contributed by atoms with E-state index in [0.29, 0.717) is 11.5 Å². The smallest absolute Gasteiger partial charge is 0.135 e. The zero-order chi connectivity index (χ0) is 44.8. The van der Waals surface area contributed by atoms with Crippen LogP contribution in [-0.2, 0) is 42.7 Å². The van der Waals surface area contributed by atoms with E-state index >= 15 is 0 Å². The van der Waals surface area contributed by atoms with Gasteiger partial charge in [0.05, 0.1) is 0 Å². The van der Waals surface area contributed by atoms with Gasteiger partial charge in [0.2, 0.25) is 0 Å². The third-order valence-electron chi connectivity index (χ3n) is 11.9. The topological polar surface area (TPSA) is 33.5 Å². The average molecular weight is 1010 g/mol. The molecular weight excluding hydrogens is 940 g/mol. The molecule has 3 heterocycles. The summed E-state index contributed by atoms with van der Waals surface area (Å²) in [5.41, 5.74) is 11.1. The number of rotatable bonds is 5. The number of hydrogen-bond donors (Lipinski definition) is 0. The Hall–Kier alpha value is -4.34. The predicted molar refractivity (Wildman–Crippen MR) is 259 cm³/mol. The van der Waals surface area contributed by atoms with Crippen molar-refractivity contribution in [1.82, 2.24) is 9.55 Å². The van der Waals surface area contributed by atoms with E-state index in [0.717, 1.165) is 38.9 Å². The first-order valence-corrected chi connectivity index (χ1v) is 22.0. The Kier molecular flexibility index (Phi) is 12.2. The molecule has 0 saturated carbocycles. The van der Waals surface area contributed by atoms with Crippen molar-refractivity contribution in [3.63, 3.8) is 0 Å². The van der Waals surface area contributed by atoms with E-state index in [4.69, 9.17) is 9.72 Å². The first kappa shape index (κ1) is 47.1. The van der Waals surface area contributed by atoms with Crippen LogP contribution in [-0.4, -0.2) is 9.55 Å². The number of anilines is 2. The third-order valence-corrected chi connectivity index (χ3v) is 11.9. The summed E-state index contributed by atoms with van der Waals surface area (Å²) in [6, 6.07) is 36.1. The maximum atomic E-state index is 6.91. The largest absolute Gasteiger partial charge is 0.509 e. The van der Waals surface area contributed by atoms with Gasteiger partial charge in [-0.2, -0.15) is 6.07 Å². The van der Waals surface area contributed by atoms with E-state index in [2.05, 4.69) is 231 Å². The summed E-state index contributed by atoms with van der Waals surface area (Å²) in [4.78, 5) is 9.72. The van der Waals surface area contributed by atoms with Gasteiger partial charge in [-0.3, -0.25) is 0 Å². The Balaban J connectivity index is 0.00000641. The number of aromatic nitrogens is 2. The monoisotopic (exact) mass is 1010 g/mol. The molecule has 0 spiro atoms. The maximum absolute atomic E-state index is 6.91. The minimum atomic E-state index is -0.209. The van der Waals surface area contributed by atoms with Gasteiger partial charge < -0.3 is 19.1 Å². The van der Waals surface area contributed by atoms with Gasteiger partial charge in [-0.05, 0) is 74.1 Å². The molecule has 0 amide bonds. The molecule has 62 heavy (non-hydrogen) atoms. The molecule has 332 valence electrons. The second-order valence-electron chi connectivity index (χ2n) is 23.4. The van der Waals surface area contributed by atoms with E-state index in [1.54, 1.807) is 0 Å². The molecule has 6 heteroatoms. The van der Waals surface area contributed by atoms with Crippen LogP contribution in [0.3, 0.4) is 0 Å². The van der Waals surface area contributed by atoms with Gasteiger partial charge in [0.1, 0.15) is 5.82 Å². The molecule has 0 aliphatic carbocycles. The van der Waals surface area contributed by atoms with Crippen LogP contribution < -0.4 is 14.5 Å². The number of fused-ring (bicyclic) bond motifs is 3. The van der Waals surface area contributed by atoms with E-state index in [1.165, 1.54) is 33.8 Å². The SMILES string of the molecule is CC(C)(C)C1=C(C(C)(C)C)N(c2cc(C(C)(C)C)cc(C(C)(C)C)c2)[CH-]N1c1[c-]c(Oc2[c-]c3c(cc2)c2ccccc2n3-c2cc(C(C)(C)C)ccn2)cc(C(C)(C)C)c1.[Pt]. The fourth-order valence-corrected chi connectivity index (χ4v) is 8.33. The van der Waals surface area contributed by atoms with Gasteiger partial charge in [0.25, 0.3) is 0 Å². The van der Waals surface area contributed by atoms with Gasteiger partial charge in [-0.15, -0.1) is 53.6 Å². The maximum Gasteiger partial charge on any atom is 0.135 e. The minimum Gasteiger partial charge on any atom is -0.509 e. The second kappa shape index (κ2) is 16.0. The first-order chi connectivity index (χ1) is 28.0. The average Bonchev–Trinajstić information content (AvgIpc) is 3.71. The fraction of sp³-hybridized carbons (Fsp3) is 0.429. The molecule has 5 nitrogen and oxygen atoms in total. The van der Waals surface area contributed by atoms with Crippen molar-refractivity contribution in [3.8, 4) is 17.3 Å². The summed E-state index contributed by atoms with van der Waals surface area (Å²) in [5.74, 6) is 2.14. The van der Waals surface area contributed by atoms with Crippen molar-refractivity contribution < 1.29 is 25.8 Å². The van der Waals surface area contributed by atoms with E-state index < -0.39 is 0 Å².